The Kier molecular flexibility index (Phi) is 4.16. The number of nitrogens with zero attached hydrogens (tertiary/aromatic N) is 1. The minimum Gasteiger partial charge on any atom is -0.256 e. The fourth-order valence-corrected chi connectivity index (χ4v) is 4.69. The quantitative estimate of drug-likeness (QED) is 0.368. The van der Waals surface area contributed by atoms with Gasteiger partial charge < -0.3 is 0 Å². The third kappa shape index (κ3) is 3.02. The highest BCUT2D eigenvalue weighted by Gasteiger charge is 2.20. The molecule has 1 saturated carbocycles. The van der Waals surface area contributed by atoms with E-state index in [0.717, 1.165) is 17.5 Å². The molecule has 0 N–H and O–H groups in total. The number of aromatic nitrogens is 1. The molecule has 1 aromatic heterocycles. The number of hydrogen-bond donors (Lipinski definition) is 0. The van der Waals surface area contributed by atoms with Crippen LogP contribution in [0.5, 0.6) is 0 Å². The van der Waals surface area contributed by atoms with Gasteiger partial charge >= 0.3 is 0 Å². The third-order valence-electron chi connectivity index (χ3n) is 6.32. The minimum atomic E-state index is 0.722. The number of pyridine rings is 1. The van der Waals surface area contributed by atoms with Crippen molar-refractivity contribution in [3.8, 4) is 11.3 Å². The van der Waals surface area contributed by atoms with Crippen LogP contribution in [0, 0.1) is 5.92 Å². The molecule has 0 unspecified atom stereocenters. The van der Waals surface area contributed by atoms with Gasteiger partial charge in [-0.15, -0.1) is 0 Å². The molecule has 5 rings (SSSR count). The lowest BCUT2D eigenvalue weighted by Crippen LogP contribution is -2.10. The van der Waals surface area contributed by atoms with Crippen LogP contribution < -0.4 is 0 Å². The molecular formula is C26H25N. The van der Waals surface area contributed by atoms with E-state index in [-0.39, 0.29) is 0 Å². The lowest BCUT2D eigenvalue weighted by molar-refractivity contribution is 0.348. The fourth-order valence-electron chi connectivity index (χ4n) is 4.69. The summed E-state index contributed by atoms with van der Waals surface area (Å²) in [5.41, 5.74) is 3.82. The van der Waals surface area contributed by atoms with Crippen molar-refractivity contribution in [2.24, 2.45) is 5.92 Å². The van der Waals surface area contributed by atoms with E-state index >= 15 is 0 Å². The molecule has 0 radical (unpaired) electrons. The average molecular weight is 351 g/mol. The van der Waals surface area contributed by atoms with Gasteiger partial charge in [-0.1, -0.05) is 80.4 Å². The van der Waals surface area contributed by atoms with Crippen LogP contribution in [-0.2, 0) is 0 Å². The first-order chi connectivity index (χ1) is 13.3. The molecule has 1 nitrogen and oxygen atoms in total. The van der Waals surface area contributed by atoms with Gasteiger partial charge in [0.2, 0.25) is 0 Å². The molecule has 0 amide bonds. The maximum atomic E-state index is 4.78. The Morgan fingerprint density at radius 2 is 1.56 bits per heavy atom. The first-order valence-corrected chi connectivity index (χ1v) is 10.2. The summed E-state index contributed by atoms with van der Waals surface area (Å²) in [6.45, 7) is 2.39. The zero-order valence-electron chi connectivity index (χ0n) is 15.9. The van der Waals surface area contributed by atoms with Gasteiger partial charge in [-0.05, 0) is 52.5 Å². The van der Waals surface area contributed by atoms with E-state index in [2.05, 4.69) is 73.7 Å². The van der Waals surface area contributed by atoms with Gasteiger partial charge in [-0.3, -0.25) is 4.98 Å². The van der Waals surface area contributed by atoms with E-state index in [1.165, 1.54) is 58.4 Å². The van der Waals surface area contributed by atoms with Gasteiger partial charge in [0.1, 0.15) is 0 Å². The van der Waals surface area contributed by atoms with Gasteiger partial charge in [0.15, 0.2) is 0 Å². The SMILES string of the molecule is CC1CCC(c2ccc3c(-c4cccc5ccccc45)nccc3c2)CC1. The summed E-state index contributed by atoms with van der Waals surface area (Å²) in [6, 6.07) is 24.3. The lowest BCUT2D eigenvalue weighted by Gasteiger charge is -2.26. The smallest absolute Gasteiger partial charge is 0.0786 e. The van der Waals surface area contributed by atoms with Gasteiger partial charge in [0.05, 0.1) is 5.69 Å². The number of rotatable bonds is 2. The normalized spacial score (nSPS) is 20.2. The number of fused-ring (bicyclic) bond motifs is 2. The summed E-state index contributed by atoms with van der Waals surface area (Å²) in [5.74, 6) is 1.61. The van der Waals surface area contributed by atoms with Crippen LogP contribution in [0.25, 0.3) is 32.8 Å². The summed E-state index contributed by atoms with van der Waals surface area (Å²) in [5, 5.41) is 5.10. The van der Waals surface area contributed by atoms with Crippen molar-refractivity contribution in [3.63, 3.8) is 0 Å². The molecule has 1 aliphatic rings. The predicted molar refractivity (Wildman–Crippen MR) is 115 cm³/mol. The van der Waals surface area contributed by atoms with Gasteiger partial charge in [-0.25, -0.2) is 0 Å². The van der Waals surface area contributed by atoms with Crippen LogP contribution in [0.3, 0.4) is 0 Å². The topological polar surface area (TPSA) is 12.9 Å². The predicted octanol–water partition coefficient (Wildman–Crippen LogP) is 7.35. The Bertz CT molecular complexity index is 1100. The molecule has 0 saturated heterocycles. The molecule has 3 aromatic carbocycles. The first kappa shape index (κ1) is 16.5. The largest absolute Gasteiger partial charge is 0.256 e. The van der Waals surface area contributed by atoms with Crippen molar-refractivity contribution in [2.45, 2.75) is 38.5 Å². The third-order valence-corrected chi connectivity index (χ3v) is 6.32. The zero-order valence-corrected chi connectivity index (χ0v) is 15.9. The molecule has 0 atom stereocenters. The van der Waals surface area contributed by atoms with Crippen LogP contribution in [0.15, 0.2) is 72.9 Å². The number of hydrogen-bond acceptors (Lipinski definition) is 1. The molecule has 1 heteroatoms. The van der Waals surface area contributed by atoms with Crippen molar-refractivity contribution in [1.82, 2.24) is 4.98 Å². The van der Waals surface area contributed by atoms with E-state index in [1.807, 2.05) is 6.20 Å². The summed E-state index contributed by atoms with van der Waals surface area (Å²) in [6.07, 6.45) is 7.34. The average Bonchev–Trinajstić information content (AvgIpc) is 2.73. The Labute approximate surface area is 161 Å². The highest BCUT2D eigenvalue weighted by molar-refractivity contribution is 6.03. The second kappa shape index (κ2) is 6.81. The summed E-state index contributed by atoms with van der Waals surface area (Å²) < 4.78 is 0. The summed E-state index contributed by atoms with van der Waals surface area (Å²) in [7, 11) is 0. The maximum Gasteiger partial charge on any atom is 0.0786 e. The zero-order chi connectivity index (χ0) is 18.2. The van der Waals surface area contributed by atoms with Crippen molar-refractivity contribution >= 4 is 21.5 Å². The highest BCUT2D eigenvalue weighted by atomic mass is 14.7. The molecule has 0 bridgehead atoms. The van der Waals surface area contributed by atoms with E-state index in [0.29, 0.717) is 0 Å². The second-order valence-electron chi connectivity index (χ2n) is 8.12. The fraction of sp³-hybridized carbons (Fsp3) is 0.269. The molecule has 27 heavy (non-hydrogen) atoms. The first-order valence-electron chi connectivity index (χ1n) is 10.2. The van der Waals surface area contributed by atoms with E-state index in [9.17, 15) is 0 Å². The van der Waals surface area contributed by atoms with Crippen LogP contribution in [0.4, 0.5) is 0 Å². The molecule has 0 aliphatic heterocycles. The highest BCUT2D eigenvalue weighted by Crippen LogP contribution is 2.38. The second-order valence-corrected chi connectivity index (χ2v) is 8.12. The molecule has 1 aliphatic carbocycles. The van der Waals surface area contributed by atoms with Crippen molar-refractivity contribution in [3.05, 3.63) is 78.5 Å². The standard InChI is InChI=1S/C26H25N/c1-18-9-11-19(12-10-18)21-13-14-24-22(17-21)15-16-27-26(24)25-8-4-6-20-5-2-3-7-23(20)25/h2-8,13-19H,9-12H2,1H3. The van der Waals surface area contributed by atoms with Crippen LogP contribution in [0.2, 0.25) is 0 Å². The molecule has 1 fully saturated rings. The van der Waals surface area contributed by atoms with E-state index in [1.54, 1.807) is 0 Å². The molecule has 4 aromatic rings. The molecule has 1 heterocycles. The lowest BCUT2D eigenvalue weighted by atomic mass is 9.79. The van der Waals surface area contributed by atoms with E-state index < -0.39 is 0 Å². The Hall–Kier alpha value is -2.67. The van der Waals surface area contributed by atoms with Crippen molar-refractivity contribution in [1.29, 1.82) is 0 Å². The number of benzene rings is 3. The van der Waals surface area contributed by atoms with Crippen molar-refractivity contribution in [2.75, 3.05) is 0 Å². The van der Waals surface area contributed by atoms with E-state index in [4.69, 9.17) is 4.98 Å². The molecular weight excluding hydrogens is 326 g/mol. The van der Waals surface area contributed by atoms with Crippen LogP contribution in [0.1, 0.15) is 44.1 Å². The van der Waals surface area contributed by atoms with Crippen molar-refractivity contribution < 1.29 is 0 Å². The maximum absolute atomic E-state index is 4.78. The Balaban J connectivity index is 1.62. The minimum absolute atomic E-state index is 0.722. The van der Waals surface area contributed by atoms with Gasteiger partial charge in [-0.2, -0.15) is 0 Å². The monoisotopic (exact) mass is 351 g/mol. The van der Waals surface area contributed by atoms with Crippen LogP contribution >= 0.6 is 0 Å². The Morgan fingerprint density at radius 1 is 0.741 bits per heavy atom. The Morgan fingerprint density at radius 3 is 2.44 bits per heavy atom. The van der Waals surface area contributed by atoms with Crippen LogP contribution in [-0.4, -0.2) is 4.98 Å². The van der Waals surface area contributed by atoms with Gasteiger partial charge in [0, 0.05) is 17.1 Å². The molecule has 0 spiro atoms. The summed E-state index contributed by atoms with van der Waals surface area (Å²) >= 11 is 0. The summed E-state index contributed by atoms with van der Waals surface area (Å²) in [4.78, 5) is 4.78. The van der Waals surface area contributed by atoms with Gasteiger partial charge in [0.25, 0.3) is 0 Å². The molecule has 134 valence electrons.